The highest BCUT2D eigenvalue weighted by atomic mass is 19.1. The zero-order valence-corrected chi connectivity index (χ0v) is 22.3. The predicted molar refractivity (Wildman–Crippen MR) is 142 cm³/mol. The molecule has 1 saturated carbocycles. The van der Waals surface area contributed by atoms with Crippen LogP contribution in [0, 0.1) is 23.1 Å². The van der Waals surface area contributed by atoms with E-state index in [0.717, 1.165) is 64.3 Å². The van der Waals surface area contributed by atoms with Crippen molar-refractivity contribution >= 4 is 17.6 Å². The summed E-state index contributed by atoms with van der Waals surface area (Å²) >= 11 is 0. The Labute approximate surface area is 215 Å². The van der Waals surface area contributed by atoms with Crippen LogP contribution >= 0.6 is 0 Å². The largest absolute Gasteiger partial charge is 0.337 e. The molecule has 1 aromatic carbocycles. The van der Waals surface area contributed by atoms with E-state index in [1.165, 1.54) is 18.1 Å². The molecule has 5 rings (SSSR count). The average molecular weight is 499 g/mol. The van der Waals surface area contributed by atoms with Gasteiger partial charge >= 0.3 is 6.03 Å². The molecule has 6 nitrogen and oxygen atoms in total. The van der Waals surface area contributed by atoms with Crippen LogP contribution in [0.25, 0.3) is 0 Å². The highest BCUT2D eigenvalue weighted by Gasteiger charge is 2.51. The van der Waals surface area contributed by atoms with Crippen LogP contribution in [0.5, 0.6) is 0 Å². The van der Waals surface area contributed by atoms with Crippen molar-refractivity contribution in [2.45, 2.75) is 59.3 Å². The van der Waals surface area contributed by atoms with Crippen LogP contribution in [0.15, 0.2) is 35.9 Å². The Balaban J connectivity index is 1.28. The van der Waals surface area contributed by atoms with E-state index in [1.54, 1.807) is 23.1 Å². The van der Waals surface area contributed by atoms with Crippen molar-refractivity contribution in [2.75, 3.05) is 51.1 Å². The van der Waals surface area contributed by atoms with E-state index in [-0.39, 0.29) is 17.6 Å². The number of hydrogen-bond donors (Lipinski definition) is 1. The van der Waals surface area contributed by atoms with Crippen LogP contribution in [-0.2, 0) is 4.79 Å². The monoisotopic (exact) mass is 498 g/mol. The number of anilines is 1. The molecule has 7 heteroatoms. The number of carbonyl (C=O) groups excluding carboxylic acids is 2. The van der Waals surface area contributed by atoms with Crippen LogP contribution in [0.3, 0.4) is 0 Å². The number of carbonyl (C=O) groups is 2. The lowest BCUT2D eigenvalue weighted by molar-refractivity contribution is -0.131. The summed E-state index contributed by atoms with van der Waals surface area (Å²) in [4.78, 5) is 31.9. The number of para-hydroxylation sites is 1. The summed E-state index contributed by atoms with van der Waals surface area (Å²) in [6, 6.07) is 5.97. The summed E-state index contributed by atoms with van der Waals surface area (Å²) in [5, 5.41) is 2.68. The van der Waals surface area contributed by atoms with Crippen molar-refractivity contribution in [3.05, 3.63) is 41.7 Å². The van der Waals surface area contributed by atoms with E-state index in [2.05, 4.69) is 42.0 Å². The van der Waals surface area contributed by atoms with Gasteiger partial charge < -0.3 is 15.1 Å². The fraction of sp³-hybridized carbons (Fsp3) is 0.655. The molecule has 4 aliphatic rings. The topological polar surface area (TPSA) is 55.9 Å². The molecule has 1 aliphatic heterocycles. The Bertz CT molecular complexity index is 954. The van der Waals surface area contributed by atoms with Gasteiger partial charge in [0.2, 0.25) is 5.91 Å². The zero-order valence-electron chi connectivity index (χ0n) is 22.3. The summed E-state index contributed by atoms with van der Waals surface area (Å²) in [6.07, 6.45) is 8.62. The van der Waals surface area contributed by atoms with E-state index in [0.29, 0.717) is 30.8 Å². The molecule has 2 bridgehead atoms. The Morgan fingerprint density at radius 1 is 1.14 bits per heavy atom. The van der Waals surface area contributed by atoms with Gasteiger partial charge in [0.25, 0.3) is 0 Å². The number of unbranched alkanes of at least 4 members (excludes halogenated alkanes) is 2. The van der Waals surface area contributed by atoms with Gasteiger partial charge in [-0.2, -0.15) is 0 Å². The molecular formula is C29H43FN4O2. The van der Waals surface area contributed by atoms with Crippen molar-refractivity contribution < 1.29 is 14.0 Å². The molecule has 0 spiro atoms. The third-order valence-corrected chi connectivity index (χ3v) is 8.76. The van der Waals surface area contributed by atoms with Crippen LogP contribution in [0.4, 0.5) is 14.9 Å². The highest BCUT2D eigenvalue weighted by molar-refractivity contribution is 5.89. The van der Waals surface area contributed by atoms with Crippen LogP contribution < -0.4 is 5.32 Å². The van der Waals surface area contributed by atoms with E-state index >= 15 is 0 Å². The normalized spacial score (nSPS) is 23.0. The third-order valence-electron chi connectivity index (χ3n) is 8.76. The molecule has 36 heavy (non-hydrogen) atoms. The van der Waals surface area contributed by atoms with Crippen molar-refractivity contribution in [1.82, 2.24) is 14.7 Å². The number of nitrogens with one attached hydrogen (secondary N) is 1. The molecule has 198 valence electrons. The number of amides is 3. The minimum absolute atomic E-state index is 0.208. The smallest absolute Gasteiger partial charge is 0.322 e. The van der Waals surface area contributed by atoms with Gasteiger partial charge in [0.1, 0.15) is 5.82 Å². The molecule has 3 amide bonds. The average Bonchev–Trinajstić information content (AvgIpc) is 2.88. The number of urea groups is 1. The second kappa shape index (κ2) is 11.8. The molecule has 1 heterocycles. The lowest BCUT2D eigenvalue weighted by Crippen LogP contribution is -2.52. The third kappa shape index (κ3) is 6.10. The maximum absolute atomic E-state index is 13.9. The first-order valence-electron chi connectivity index (χ1n) is 13.8. The van der Waals surface area contributed by atoms with Crippen LogP contribution in [0.1, 0.15) is 59.3 Å². The van der Waals surface area contributed by atoms with E-state index in [4.69, 9.17) is 0 Å². The minimum atomic E-state index is -0.429. The first-order valence-corrected chi connectivity index (χ1v) is 13.8. The van der Waals surface area contributed by atoms with Gasteiger partial charge in [-0.05, 0) is 48.6 Å². The van der Waals surface area contributed by atoms with Crippen molar-refractivity contribution in [3.63, 3.8) is 0 Å². The molecule has 0 radical (unpaired) electrons. The molecule has 3 aliphatic carbocycles. The van der Waals surface area contributed by atoms with Gasteiger partial charge in [0.05, 0.1) is 5.69 Å². The first kappa shape index (κ1) is 26.6. The van der Waals surface area contributed by atoms with Crippen LogP contribution in [0.2, 0.25) is 0 Å². The quantitative estimate of drug-likeness (QED) is 0.348. The fourth-order valence-electron chi connectivity index (χ4n) is 6.05. The predicted octanol–water partition coefficient (Wildman–Crippen LogP) is 5.38. The standard InChI is InChI=1S/C29H43FN4O2/c1-4-5-6-11-27(35)34(21-22-12-13-23-20-24(22)29(23,2)3)19-16-32-14-17-33(18-15-32)28(36)31-26-10-8-7-9-25(26)30/h7-10,12,23-24H,4-6,11,13-21H2,1-3H3,(H,31,36). The number of rotatable bonds is 10. The number of hydrogen-bond acceptors (Lipinski definition) is 3. The van der Waals surface area contributed by atoms with Gasteiger partial charge in [0.15, 0.2) is 0 Å². The lowest BCUT2D eigenvalue weighted by atomic mass is 9.49. The van der Waals surface area contributed by atoms with Crippen LogP contribution in [-0.4, -0.2) is 72.5 Å². The SMILES string of the molecule is CCCCCC(=O)N(CCN1CCN(C(=O)Nc2ccccc2F)CC1)CC1=CCC2CC1C2(C)C. The lowest BCUT2D eigenvalue weighted by Gasteiger charge is -2.57. The second-order valence-electron chi connectivity index (χ2n) is 11.3. The molecule has 1 saturated heterocycles. The van der Waals surface area contributed by atoms with Crippen molar-refractivity contribution in [1.29, 1.82) is 0 Å². The van der Waals surface area contributed by atoms with Gasteiger partial charge in [-0.15, -0.1) is 0 Å². The minimum Gasteiger partial charge on any atom is -0.337 e. The molecule has 2 unspecified atom stereocenters. The Hall–Kier alpha value is -2.41. The molecule has 1 N–H and O–H groups in total. The zero-order chi connectivity index (χ0) is 25.7. The number of fused-ring (bicyclic) bond motifs is 1. The maximum atomic E-state index is 13.9. The van der Waals surface area contributed by atoms with Crippen molar-refractivity contribution in [3.8, 4) is 0 Å². The van der Waals surface area contributed by atoms with Gasteiger partial charge in [-0.25, -0.2) is 9.18 Å². The Kier molecular flexibility index (Phi) is 8.70. The number of piperazine rings is 1. The maximum Gasteiger partial charge on any atom is 0.322 e. The van der Waals surface area contributed by atoms with E-state index in [1.807, 2.05) is 0 Å². The summed E-state index contributed by atoms with van der Waals surface area (Å²) in [6.45, 7) is 11.9. The van der Waals surface area contributed by atoms with E-state index in [9.17, 15) is 14.0 Å². The molecule has 2 atom stereocenters. The summed E-state index contributed by atoms with van der Waals surface area (Å²) < 4.78 is 13.9. The van der Waals surface area contributed by atoms with E-state index < -0.39 is 5.82 Å². The summed E-state index contributed by atoms with van der Waals surface area (Å²) in [7, 11) is 0. The van der Waals surface area contributed by atoms with Crippen molar-refractivity contribution in [2.24, 2.45) is 17.3 Å². The number of nitrogens with zero attached hydrogens (tertiary/aromatic N) is 3. The number of benzene rings is 1. The van der Waals surface area contributed by atoms with Gasteiger partial charge in [-0.1, -0.05) is 57.4 Å². The fourth-order valence-corrected chi connectivity index (χ4v) is 6.05. The molecular weight excluding hydrogens is 455 g/mol. The van der Waals surface area contributed by atoms with Gasteiger partial charge in [0, 0.05) is 52.2 Å². The summed E-state index contributed by atoms with van der Waals surface area (Å²) in [5.41, 5.74) is 2.03. The first-order chi connectivity index (χ1) is 17.3. The Morgan fingerprint density at radius 2 is 1.89 bits per heavy atom. The number of halogens is 1. The Morgan fingerprint density at radius 3 is 2.56 bits per heavy atom. The molecule has 1 aromatic rings. The second-order valence-corrected chi connectivity index (χ2v) is 11.3. The van der Waals surface area contributed by atoms with Gasteiger partial charge in [-0.3, -0.25) is 9.69 Å². The highest BCUT2D eigenvalue weighted by Crippen LogP contribution is 2.59. The number of allylic oxidation sites excluding steroid dienone is 1. The summed E-state index contributed by atoms with van der Waals surface area (Å²) in [5.74, 6) is 1.25. The molecule has 2 fully saturated rings. The molecule has 0 aromatic heterocycles.